The minimum atomic E-state index is -0.381. The van der Waals surface area contributed by atoms with Crippen LogP contribution in [0.5, 0.6) is 0 Å². The maximum absolute atomic E-state index is 11.2. The van der Waals surface area contributed by atoms with E-state index in [-0.39, 0.29) is 12.6 Å². The molecule has 0 radical (unpaired) electrons. The average Bonchev–Trinajstić information content (AvgIpc) is 2.77. The van der Waals surface area contributed by atoms with Crippen molar-refractivity contribution in [3.63, 3.8) is 0 Å². The fraction of sp³-hybridized carbons (Fsp3) is 0.417. The molecule has 0 fully saturated rings. The van der Waals surface area contributed by atoms with E-state index >= 15 is 0 Å². The lowest BCUT2D eigenvalue weighted by Crippen LogP contribution is -2.26. The zero-order valence-electron chi connectivity index (χ0n) is 9.98. The predicted octanol–water partition coefficient (Wildman–Crippen LogP) is 0.782. The van der Waals surface area contributed by atoms with Crippen LogP contribution in [0.4, 0.5) is 0 Å². The molecule has 0 aliphatic carbocycles. The monoisotopic (exact) mass is 238 g/mol. The van der Waals surface area contributed by atoms with Gasteiger partial charge < -0.3 is 14.8 Å². The first-order chi connectivity index (χ1) is 8.21. The molecule has 5 nitrogen and oxygen atoms in total. The SMILES string of the molecule is C=CCN(CCO)Cc1c[nH]c(C(=O)OC)c1. The Hall–Kier alpha value is -1.59. The van der Waals surface area contributed by atoms with E-state index in [1.807, 2.05) is 4.90 Å². The highest BCUT2D eigenvalue weighted by atomic mass is 16.5. The van der Waals surface area contributed by atoms with Gasteiger partial charge in [-0.1, -0.05) is 6.08 Å². The molecule has 0 aliphatic rings. The van der Waals surface area contributed by atoms with Gasteiger partial charge >= 0.3 is 5.97 Å². The Morgan fingerprint density at radius 2 is 2.47 bits per heavy atom. The van der Waals surface area contributed by atoms with Crippen LogP contribution >= 0.6 is 0 Å². The first-order valence-electron chi connectivity index (χ1n) is 5.41. The van der Waals surface area contributed by atoms with E-state index in [1.165, 1.54) is 7.11 Å². The third-order valence-electron chi connectivity index (χ3n) is 2.36. The zero-order chi connectivity index (χ0) is 12.7. The lowest BCUT2D eigenvalue weighted by Gasteiger charge is -2.18. The molecule has 0 aromatic carbocycles. The van der Waals surface area contributed by atoms with Crippen LogP contribution < -0.4 is 0 Å². The van der Waals surface area contributed by atoms with Crippen molar-refractivity contribution >= 4 is 5.97 Å². The standard InChI is InChI=1S/C12H18N2O3/c1-3-4-14(5-6-15)9-10-7-11(13-8-10)12(16)17-2/h3,7-8,13,15H,1,4-6,9H2,2H3. The van der Waals surface area contributed by atoms with Gasteiger partial charge in [-0.05, 0) is 11.6 Å². The van der Waals surface area contributed by atoms with Crippen molar-refractivity contribution in [3.8, 4) is 0 Å². The van der Waals surface area contributed by atoms with Gasteiger partial charge in [-0.2, -0.15) is 0 Å². The summed E-state index contributed by atoms with van der Waals surface area (Å²) in [4.78, 5) is 16.1. The van der Waals surface area contributed by atoms with Crippen LogP contribution in [0, 0.1) is 0 Å². The van der Waals surface area contributed by atoms with E-state index in [1.54, 1.807) is 18.3 Å². The second-order valence-corrected chi connectivity index (χ2v) is 3.66. The van der Waals surface area contributed by atoms with Gasteiger partial charge in [0.25, 0.3) is 0 Å². The number of aliphatic hydroxyl groups is 1. The highest BCUT2D eigenvalue weighted by Crippen LogP contribution is 2.08. The predicted molar refractivity (Wildman–Crippen MR) is 64.7 cm³/mol. The summed E-state index contributed by atoms with van der Waals surface area (Å²) in [5.41, 5.74) is 1.41. The average molecular weight is 238 g/mol. The summed E-state index contributed by atoms with van der Waals surface area (Å²) in [6.07, 6.45) is 3.54. The Morgan fingerprint density at radius 3 is 3.06 bits per heavy atom. The lowest BCUT2D eigenvalue weighted by molar-refractivity contribution is 0.0594. The summed E-state index contributed by atoms with van der Waals surface area (Å²) >= 11 is 0. The van der Waals surface area contributed by atoms with Crippen LogP contribution in [-0.4, -0.2) is 47.8 Å². The summed E-state index contributed by atoms with van der Waals surface area (Å²) in [6, 6.07) is 1.75. The number of hydrogen-bond acceptors (Lipinski definition) is 4. The molecule has 2 N–H and O–H groups in total. The number of ether oxygens (including phenoxy) is 1. The highest BCUT2D eigenvalue weighted by molar-refractivity contribution is 5.87. The van der Waals surface area contributed by atoms with Crippen LogP contribution in [-0.2, 0) is 11.3 Å². The summed E-state index contributed by atoms with van der Waals surface area (Å²) in [7, 11) is 1.35. The van der Waals surface area contributed by atoms with Crippen LogP contribution in [0.15, 0.2) is 24.9 Å². The van der Waals surface area contributed by atoms with Gasteiger partial charge in [0.05, 0.1) is 13.7 Å². The molecule has 0 bridgehead atoms. The van der Waals surface area contributed by atoms with Crippen molar-refractivity contribution in [3.05, 3.63) is 36.2 Å². The van der Waals surface area contributed by atoms with Gasteiger partial charge in [0.2, 0.25) is 0 Å². The van der Waals surface area contributed by atoms with Crippen LogP contribution in [0.1, 0.15) is 16.1 Å². The van der Waals surface area contributed by atoms with E-state index in [4.69, 9.17) is 5.11 Å². The number of aromatic amines is 1. The van der Waals surface area contributed by atoms with E-state index in [0.717, 1.165) is 5.56 Å². The summed E-state index contributed by atoms with van der Waals surface area (Å²) in [5, 5.41) is 8.91. The number of nitrogens with zero attached hydrogens (tertiary/aromatic N) is 1. The molecule has 0 spiro atoms. The fourth-order valence-electron chi connectivity index (χ4n) is 1.58. The van der Waals surface area contributed by atoms with Crippen LogP contribution in [0.3, 0.4) is 0 Å². The van der Waals surface area contributed by atoms with Crippen molar-refractivity contribution in [2.45, 2.75) is 6.54 Å². The Bertz CT molecular complexity index is 374. The van der Waals surface area contributed by atoms with Gasteiger partial charge in [-0.3, -0.25) is 4.90 Å². The normalized spacial score (nSPS) is 10.5. The molecule has 1 aromatic rings. The van der Waals surface area contributed by atoms with Crippen molar-refractivity contribution < 1.29 is 14.6 Å². The van der Waals surface area contributed by atoms with Gasteiger partial charge in [0, 0.05) is 25.8 Å². The Labute approximate surface area is 101 Å². The summed E-state index contributed by atoms with van der Waals surface area (Å²) in [5.74, 6) is -0.381. The first kappa shape index (κ1) is 13.5. The van der Waals surface area contributed by atoms with Gasteiger partial charge in [-0.25, -0.2) is 4.79 Å². The molecule has 0 aliphatic heterocycles. The third-order valence-corrected chi connectivity index (χ3v) is 2.36. The maximum Gasteiger partial charge on any atom is 0.354 e. The minimum absolute atomic E-state index is 0.0993. The number of carbonyl (C=O) groups excluding carboxylic acids is 1. The molecule has 1 rings (SSSR count). The topological polar surface area (TPSA) is 65.6 Å². The quantitative estimate of drug-likeness (QED) is 0.544. The molecule has 0 amide bonds. The zero-order valence-corrected chi connectivity index (χ0v) is 9.98. The van der Waals surface area contributed by atoms with E-state index in [9.17, 15) is 4.79 Å². The smallest absolute Gasteiger partial charge is 0.354 e. The molecule has 1 heterocycles. The van der Waals surface area contributed by atoms with Gasteiger partial charge in [-0.15, -0.1) is 6.58 Å². The molecule has 0 atom stereocenters. The van der Waals surface area contributed by atoms with Crippen molar-refractivity contribution in [2.75, 3.05) is 26.8 Å². The third kappa shape index (κ3) is 4.05. The number of methoxy groups -OCH3 is 1. The maximum atomic E-state index is 11.2. The number of nitrogens with one attached hydrogen (secondary N) is 1. The van der Waals surface area contributed by atoms with Crippen LogP contribution in [0.25, 0.3) is 0 Å². The molecule has 94 valence electrons. The first-order valence-corrected chi connectivity index (χ1v) is 5.41. The summed E-state index contributed by atoms with van der Waals surface area (Å²) in [6.45, 7) is 5.69. The fourth-order valence-corrected chi connectivity index (χ4v) is 1.58. The summed E-state index contributed by atoms with van der Waals surface area (Å²) < 4.78 is 4.61. The van der Waals surface area contributed by atoms with E-state index < -0.39 is 0 Å². The lowest BCUT2D eigenvalue weighted by atomic mass is 10.3. The van der Waals surface area contributed by atoms with E-state index in [0.29, 0.717) is 25.3 Å². The number of carbonyl (C=O) groups is 1. The molecule has 0 saturated heterocycles. The van der Waals surface area contributed by atoms with Crippen molar-refractivity contribution in [2.24, 2.45) is 0 Å². The molecular weight excluding hydrogens is 220 g/mol. The van der Waals surface area contributed by atoms with E-state index in [2.05, 4.69) is 16.3 Å². The molecule has 17 heavy (non-hydrogen) atoms. The number of hydrogen-bond donors (Lipinski definition) is 2. The number of H-pyrrole nitrogens is 1. The van der Waals surface area contributed by atoms with Crippen molar-refractivity contribution in [1.82, 2.24) is 9.88 Å². The number of aromatic nitrogens is 1. The van der Waals surface area contributed by atoms with Gasteiger partial charge in [0.15, 0.2) is 0 Å². The second kappa shape index (κ2) is 6.88. The van der Waals surface area contributed by atoms with Crippen LogP contribution in [0.2, 0.25) is 0 Å². The molecule has 0 saturated carbocycles. The largest absolute Gasteiger partial charge is 0.464 e. The Balaban J connectivity index is 2.62. The number of aliphatic hydroxyl groups excluding tert-OH is 1. The Morgan fingerprint density at radius 1 is 1.71 bits per heavy atom. The molecule has 5 heteroatoms. The van der Waals surface area contributed by atoms with Gasteiger partial charge in [0.1, 0.15) is 5.69 Å². The minimum Gasteiger partial charge on any atom is -0.464 e. The number of esters is 1. The highest BCUT2D eigenvalue weighted by Gasteiger charge is 2.10. The second-order valence-electron chi connectivity index (χ2n) is 3.66. The molecule has 0 unspecified atom stereocenters. The Kier molecular flexibility index (Phi) is 5.45. The van der Waals surface area contributed by atoms with Crippen molar-refractivity contribution in [1.29, 1.82) is 0 Å². The molecular formula is C12H18N2O3. The number of rotatable bonds is 7. The molecule has 1 aromatic heterocycles.